The lowest BCUT2D eigenvalue weighted by Crippen LogP contribution is -2.43. The zero-order valence-corrected chi connectivity index (χ0v) is 15.5. The van der Waals surface area contributed by atoms with Crippen LogP contribution in [-0.2, 0) is 4.79 Å². The lowest BCUT2D eigenvalue weighted by atomic mass is 9.96. The van der Waals surface area contributed by atoms with Crippen molar-refractivity contribution in [2.45, 2.75) is 32.6 Å². The van der Waals surface area contributed by atoms with E-state index in [1.807, 2.05) is 41.8 Å². The normalized spacial score (nSPS) is 17.6. The van der Waals surface area contributed by atoms with E-state index in [1.54, 1.807) is 4.90 Å². The Morgan fingerprint density at radius 3 is 2.60 bits per heavy atom. The Morgan fingerprint density at radius 2 is 1.96 bits per heavy atom. The Hall–Kier alpha value is -2.14. The molecule has 1 atom stereocenters. The van der Waals surface area contributed by atoms with Gasteiger partial charge >= 0.3 is 0 Å². The van der Waals surface area contributed by atoms with Crippen LogP contribution < -0.4 is 5.32 Å². The summed E-state index contributed by atoms with van der Waals surface area (Å²) < 4.78 is 0. The van der Waals surface area contributed by atoms with Gasteiger partial charge in [0.05, 0.1) is 10.8 Å². The molecule has 1 aliphatic rings. The highest BCUT2D eigenvalue weighted by Crippen LogP contribution is 2.23. The second-order valence-corrected chi connectivity index (χ2v) is 7.78. The molecule has 0 spiro atoms. The number of likely N-dealkylation sites (tertiary alicyclic amines) is 1. The molecule has 3 rings (SSSR count). The van der Waals surface area contributed by atoms with Crippen molar-refractivity contribution in [2.75, 3.05) is 18.4 Å². The Kier molecular flexibility index (Phi) is 5.53. The molecule has 1 saturated heterocycles. The van der Waals surface area contributed by atoms with Crippen molar-refractivity contribution < 1.29 is 9.59 Å². The average Bonchev–Trinajstić information content (AvgIpc) is 3.16. The fourth-order valence-corrected chi connectivity index (χ4v) is 3.82. The minimum absolute atomic E-state index is 0.000904. The fourth-order valence-electron chi connectivity index (χ4n) is 3.13. The zero-order valence-electron chi connectivity index (χ0n) is 14.7. The molecule has 132 valence electrons. The molecule has 1 N–H and O–H groups in total. The molecule has 2 amide bonds. The third kappa shape index (κ3) is 4.28. The minimum Gasteiger partial charge on any atom is -0.337 e. The van der Waals surface area contributed by atoms with Gasteiger partial charge in [0.15, 0.2) is 0 Å². The van der Waals surface area contributed by atoms with Gasteiger partial charge in [0, 0.05) is 18.8 Å². The standard InChI is InChI=1S/C20H24N2O2S/c1-14(2)15-7-9-17(10-8-15)21-19(23)16-5-3-11-22(13-16)20(24)18-6-4-12-25-18/h4,6-10,12,14,16H,3,5,11,13H2,1-2H3,(H,21,23)/t16-/m0/s1. The fraction of sp³-hybridized carbons (Fsp3) is 0.400. The van der Waals surface area contributed by atoms with Crippen molar-refractivity contribution in [3.8, 4) is 0 Å². The summed E-state index contributed by atoms with van der Waals surface area (Å²) in [5.74, 6) is 0.358. The van der Waals surface area contributed by atoms with Gasteiger partial charge in [-0.2, -0.15) is 0 Å². The highest BCUT2D eigenvalue weighted by molar-refractivity contribution is 7.12. The number of carbonyl (C=O) groups excluding carboxylic acids is 2. The molecule has 1 aliphatic heterocycles. The first kappa shape index (κ1) is 17.7. The van der Waals surface area contributed by atoms with Crippen LogP contribution in [-0.4, -0.2) is 29.8 Å². The maximum Gasteiger partial charge on any atom is 0.263 e. The van der Waals surface area contributed by atoms with Gasteiger partial charge in [-0.1, -0.05) is 32.0 Å². The average molecular weight is 356 g/mol. The smallest absolute Gasteiger partial charge is 0.263 e. The quantitative estimate of drug-likeness (QED) is 0.885. The van der Waals surface area contributed by atoms with E-state index in [9.17, 15) is 9.59 Å². The molecular weight excluding hydrogens is 332 g/mol. The van der Waals surface area contributed by atoms with E-state index in [0.717, 1.165) is 30.0 Å². The van der Waals surface area contributed by atoms with E-state index in [0.29, 0.717) is 12.5 Å². The largest absolute Gasteiger partial charge is 0.337 e. The van der Waals surface area contributed by atoms with E-state index in [1.165, 1.54) is 16.9 Å². The van der Waals surface area contributed by atoms with Gasteiger partial charge in [0.1, 0.15) is 0 Å². The molecule has 2 heterocycles. The van der Waals surface area contributed by atoms with Crippen LogP contribution in [0.3, 0.4) is 0 Å². The Morgan fingerprint density at radius 1 is 1.20 bits per heavy atom. The first-order chi connectivity index (χ1) is 12.0. The van der Waals surface area contributed by atoms with Crippen molar-refractivity contribution in [3.05, 3.63) is 52.2 Å². The second-order valence-electron chi connectivity index (χ2n) is 6.83. The summed E-state index contributed by atoms with van der Waals surface area (Å²) in [5, 5.41) is 4.90. The van der Waals surface area contributed by atoms with Crippen LogP contribution in [0.5, 0.6) is 0 Å². The van der Waals surface area contributed by atoms with Gasteiger partial charge in [-0.05, 0) is 47.9 Å². The predicted octanol–water partition coefficient (Wildman–Crippen LogP) is 4.36. The molecule has 25 heavy (non-hydrogen) atoms. The molecule has 2 aromatic rings. The summed E-state index contributed by atoms with van der Waals surface area (Å²) in [6.45, 7) is 5.51. The third-order valence-corrected chi connectivity index (χ3v) is 5.51. The number of benzene rings is 1. The number of hydrogen-bond donors (Lipinski definition) is 1. The van der Waals surface area contributed by atoms with Crippen LogP contribution in [0.1, 0.15) is 47.8 Å². The number of anilines is 1. The van der Waals surface area contributed by atoms with Crippen molar-refractivity contribution >= 4 is 28.8 Å². The topological polar surface area (TPSA) is 49.4 Å². The number of thiophene rings is 1. The molecule has 5 heteroatoms. The summed E-state index contributed by atoms with van der Waals surface area (Å²) in [6.07, 6.45) is 1.69. The van der Waals surface area contributed by atoms with E-state index in [-0.39, 0.29) is 17.7 Å². The van der Waals surface area contributed by atoms with Crippen molar-refractivity contribution in [3.63, 3.8) is 0 Å². The molecule has 1 aromatic heterocycles. The molecule has 0 radical (unpaired) electrons. The number of hydrogen-bond acceptors (Lipinski definition) is 3. The lowest BCUT2D eigenvalue weighted by Gasteiger charge is -2.31. The first-order valence-electron chi connectivity index (χ1n) is 8.78. The van der Waals surface area contributed by atoms with Crippen LogP contribution in [0.4, 0.5) is 5.69 Å². The third-order valence-electron chi connectivity index (χ3n) is 4.66. The lowest BCUT2D eigenvalue weighted by molar-refractivity contribution is -0.121. The Labute approximate surface area is 152 Å². The van der Waals surface area contributed by atoms with Crippen molar-refractivity contribution in [2.24, 2.45) is 5.92 Å². The van der Waals surface area contributed by atoms with Crippen molar-refractivity contribution in [1.29, 1.82) is 0 Å². The Bertz CT molecular complexity index is 723. The number of amides is 2. The van der Waals surface area contributed by atoms with Crippen LogP contribution in [0.15, 0.2) is 41.8 Å². The summed E-state index contributed by atoms with van der Waals surface area (Å²) in [4.78, 5) is 27.6. The van der Waals surface area contributed by atoms with Gasteiger partial charge in [0.2, 0.25) is 5.91 Å². The maximum absolute atomic E-state index is 12.6. The van der Waals surface area contributed by atoms with Gasteiger partial charge in [-0.15, -0.1) is 11.3 Å². The number of carbonyl (C=O) groups is 2. The van der Waals surface area contributed by atoms with Crippen LogP contribution in [0.25, 0.3) is 0 Å². The summed E-state index contributed by atoms with van der Waals surface area (Å²) in [6, 6.07) is 11.7. The second kappa shape index (κ2) is 7.83. The molecular formula is C20H24N2O2S. The minimum atomic E-state index is -0.151. The molecule has 0 unspecified atom stereocenters. The highest BCUT2D eigenvalue weighted by atomic mass is 32.1. The Balaban J connectivity index is 1.61. The van der Waals surface area contributed by atoms with Crippen LogP contribution >= 0.6 is 11.3 Å². The summed E-state index contributed by atoms with van der Waals surface area (Å²) >= 11 is 1.45. The first-order valence-corrected chi connectivity index (χ1v) is 9.66. The monoisotopic (exact) mass is 356 g/mol. The summed E-state index contributed by atoms with van der Waals surface area (Å²) in [7, 11) is 0. The van der Waals surface area contributed by atoms with Crippen molar-refractivity contribution in [1.82, 2.24) is 4.90 Å². The zero-order chi connectivity index (χ0) is 17.8. The number of piperidine rings is 1. The highest BCUT2D eigenvalue weighted by Gasteiger charge is 2.29. The van der Waals surface area contributed by atoms with Gasteiger partial charge in [0.25, 0.3) is 5.91 Å². The molecule has 0 bridgehead atoms. The van der Waals surface area contributed by atoms with E-state index in [4.69, 9.17) is 0 Å². The SMILES string of the molecule is CC(C)c1ccc(NC(=O)[C@H]2CCCN(C(=O)c3cccs3)C2)cc1. The van der Waals surface area contributed by atoms with E-state index >= 15 is 0 Å². The molecule has 1 fully saturated rings. The maximum atomic E-state index is 12.6. The van der Waals surface area contributed by atoms with Gasteiger partial charge in [-0.25, -0.2) is 0 Å². The van der Waals surface area contributed by atoms with Gasteiger partial charge < -0.3 is 10.2 Å². The molecule has 1 aromatic carbocycles. The number of nitrogens with one attached hydrogen (secondary N) is 1. The molecule has 4 nitrogen and oxygen atoms in total. The van der Waals surface area contributed by atoms with E-state index in [2.05, 4.69) is 19.2 Å². The number of nitrogens with zero attached hydrogens (tertiary/aromatic N) is 1. The van der Waals surface area contributed by atoms with Gasteiger partial charge in [-0.3, -0.25) is 9.59 Å². The predicted molar refractivity (Wildman–Crippen MR) is 102 cm³/mol. The van der Waals surface area contributed by atoms with E-state index < -0.39 is 0 Å². The molecule has 0 aliphatic carbocycles. The number of rotatable bonds is 4. The summed E-state index contributed by atoms with van der Waals surface area (Å²) in [5.41, 5.74) is 2.07. The van der Waals surface area contributed by atoms with Crippen LogP contribution in [0.2, 0.25) is 0 Å². The molecule has 0 saturated carbocycles. The van der Waals surface area contributed by atoms with Crippen LogP contribution in [0, 0.1) is 5.92 Å².